The Kier molecular flexibility index (Phi) is 3.35. The van der Waals surface area contributed by atoms with Crippen molar-refractivity contribution in [1.29, 1.82) is 0 Å². The number of carbonyl (C=O) groups is 1. The molecule has 106 valence electrons. The Balaban J connectivity index is 1.80. The second-order valence-corrected chi connectivity index (χ2v) is 4.81. The van der Waals surface area contributed by atoms with Crippen molar-refractivity contribution in [1.82, 2.24) is 25.1 Å². The molecule has 0 aliphatic carbocycles. The van der Waals surface area contributed by atoms with Gasteiger partial charge in [-0.25, -0.2) is 4.98 Å². The van der Waals surface area contributed by atoms with Gasteiger partial charge < -0.3 is 5.32 Å². The maximum atomic E-state index is 12.2. The van der Waals surface area contributed by atoms with Crippen molar-refractivity contribution >= 4 is 16.9 Å². The average molecular weight is 281 g/mol. The molecule has 3 aromatic rings. The SMILES string of the molecule is Cc1nn(C)c2ncc(C(=O)NCc3ccccn3)cc12. The fraction of sp³-hybridized carbons (Fsp3) is 0.200. The van der Waals surface area contributed by atoms with Gasteiger partial charge in [0.05, 0.1) is 23.5 Å². The number of rotatable bonds is 3. The van der Waals surface area contributed by atoms with E-state index in [4.69, 9.17) is 0 Å². The van der Waals surface area contributed by atoms with Crippen molar-refractivity contribution in [2.45, 2.75) is 13.5 Å². The summed E-state index contributed by atoms with van der Waals surface area (Å²) in [7, 11) is 1.84. The summed E-state index contributed by atoms with van der Waals surface area (Å²) in [5.41, 5.74) is 2.97. The number of fused-ring (bicyclic) bond motifs is 1. The molecule has 0 radical (unpaired) electrons. The van der Waals surface area contributed by atoms with Crippen LogP contribution in [0.1, 0.15) is 21.7 Å². The predicted molar refractivity (Wildman–Crippen MR) is 78.7 cm³/mol. The quantitative estimate of drug-likeness (QED) is 0.791. The molecule has 21 heavy (non-hydrogen) atoms. The van der Waals surface area contributed by atoms with Gasteiger partial charge in [0.15, 0.2) is 5.65 Å². The van der Waals surface area contributed by atoms with Gasteiger partial charge in [0.1, 0.15) is 0 Å². The Morgan fingerprint density at radius 2 is 2.19 bits per heavy atom. The van der Waals surface area contributed by atoms with Crippen molar-refractivity contribution in [3.05, 3.63) is 53.6 Å². The third-order valence-electron chi connectivity index (χ3n) is 3.28. The average Bonchev–Trinajstić information content (AvgIpc) is 2.80. The molecule has 0 fully saturated rings. The molecule has 1 amide bonds. The second-order valence-electron chi connectivity index (χ2n) is 4.81. The Bertz CT molecular complexity index is 794. The highest BCUT2D eigenvalue weighted by molar-refractivity contribution is 5.97. The number of aryl methyl sites for hydroxylation is 2. The smallest absolute Gasteiger partial charge is 0.253 e. The van der Waals surface area contributed by atoms with Crippen molar-refractivity contribution < 1.29 is 4.79 Å². The van der Waals surface area contributed by atoms with Gasteiger partial charge in [-0.1, -0.05) is 6.07 Å². The summed E-state index contributed by atoms with van der Waals surface area (Å²) in [6, 6.07) is 7.42. The van der Waals surface area contributed by atoms with E-state index in [0.29, 0.717) is 12.1 Å². The molecule has 1 N–H and O–H groups in total. The van der Waals surface area contributed by atoms with E-state index in [2.05, 4.69) is 20.4 Å². The maximum absolute atomic E-state index is 12.2. The first-order valence-electron chi connectivity index (χ1n) is 6.62. The lowest BCUT2D eigenvalue weighted by Gasteiger charge is -2.04. The highest BCUT2D eigenvalue weighted by Crippen LogP contribution is 2.16. The zero-order valence-corrected chi connectivity index (χ0v) is 11.9. The van der Waals surface area contributed by atoms with Crippen LogP contribution in [0.15, 0.2) is 36.7 Å². The lowest BCUT2D eigenvalue weighted by molar-refractivity contribution is 0.0950. The minimum Gasteiger partial charge on any atom is -0.346 e. The summed E-state index contributed by atoms with van der Waals surface area (Å²) in [5.74, 6) is -0.168. The molecule has 3 aromatic heterocycles. The van der Waals surface area contributed by atoms with Gasteiger partial charge in [-0.15, -0.1) is 0 Å². The molecule has 0 aliphatic heterocycles. The molecular weight excluding hydrogens is 266 g/mol. The summed E-state index contributed by atoms with van der Waals surface area (Å²) in [6.45, 7) is 2.29. The van der Waals surface area contributed by atoms with E-state index < -0.39 is 0 Å². The van der Waals surface area contributed by atoms with Gasteiger partial charge in [-0.2, -0.15) is 5.10 Å². The van der Waals surface area contributed by atoms with E-state index in [1.807, 2.05) is 38.2 Å². The fourth-order valence-electron chi connectivity index (χ4n) is 2.21. The Morgan fingerprint density at radius 1 is 1.33 bits per heavy atom. The minimum absolute atomic E-state index is 0.168. The molecule has 0 spiro atoms. The molecule has 0 unspecified atom stereocenters. The van der Waals surface area contributed by atoms with Crippen molar-refractivity contribution in [3.63, 3.8) is 0 Å². The van der Waals surface area contributed by atoms with Gasteiger partial charge in [0, 0.05) is 24.8 Å². The molecule has 0 aliphatic rings. The van der Waals surface area contributed by atoms with E-state index in [1.165, 1.54) is 0 Å². The van der Waals surface area contributed by atoms with Gasteiger partial charge in [-0.05, 0) is 25.1 Å². The molecule has 0 saturated heterocycles. The van der Waals surface area contributed by atoms with Crippen LogP contribution in [0.5, 0.6) is 0 Å². The molecule has 0 aromatic carbocycles. The lowest BCUT2D eigenvalue weighted by atomic mass is 10.2. The van der Waals surface area contributed by atoms with Crippen LogP contribution >= 0.6 is 0 Å². The molecule has 6 heteroatoms. The van der Waals surface area contributed by atoms with E-state index in [0.717, 1.165) is 22.4 Å². The van der Waals surface area contributed by atoms with Crippen LogP contribution in [0.3, 0.4) is 0 Å². The van der Waals surface area contributed by atoms with Gasteiger partial charge in [0.2, 0.25) is 0 Å². The molecule has 0 saturated carbocycles. The first-order valence-corrected chi connectivity index (χ1v) is 6.62. The fourth-order valence-corrected chi connectivity index (χ4v) is 2.21. The summed E-state index contributed by atoms with van der Waals surface area (Å²) < 4.78 is 1.71. The summed E-state index contributed by atoms with van der Waals surface area (Å²) in [5, 5.41) is 8.03. The van der Waals surface area contributed by atoms with Crippen LogP contribution in [-0.4, -0.2) is 25.7 Å². The van der Waals surface area contributed by atoms with Crippen LogP contribution in [0.25, 0.3) is 11.0 Å². The Labute approximate surface area is 121 Å². The van der Waals surface area contributed by atoms with E-state index in [9.17, 15) is 4.79 Å². The van der Waals surface area contributed by atoms with E-state index in [-0.39, 0.29) is 5.91 Å². The van der Waals surface area contributed by atoms with Crippen molar-refractivity contribution in [3.8, 4) is 0 Å². The second kappa shape index (κ2) is 5.32. The summed E-state index contributed by atoms with van der Waals surface area (Å²) in [4.78, 5) is 20.6. The Hall–Kier alpha value is -2.76. The molecule has 3 rings (SSSR count). The summed E-state index contributed by atoms with van der Waals surface area (Å²) >= 11 is 0. The van der Waals surface area contributed by atoms with E-state index in [1.54, 1.807) is 17.1 Å². The first kappa shape index (κ1) is 13.2. The predicted octanol–water partition coefficient (Wildman–Crippen LogP) is 1.60. The highest BCUT2D eigenvalue weighted by atomic mass is 16.1. The number of nitrogens with zero attached hydrogens (tertiary/aromatic N) is 4. The lowest BCUT2D eigenvalue weighted by Crippen LogP contribution is -2.23. The molecule has 6 nitrogen and oxygen atoms in total. The zero-order valence-electron chi connectivity index (χ0n) is 11.9. The topological polar surface area (TPSA) is 72.7 Å². The van der Waals surface area contributed by atoms with Gasteiger partial charge in [0.25, 0.3) is 5.91 Å². The van der Waals surface area contributed by atoms with Crippen molar-refractivity contribution in [2.24, 2.45) is 7.05 Å². The van der Waals surface area contributed by atoms with Gasteiger partial charge in [-0.3, -0.25) is 14.5 Å². The number of carbonyl (C=O) groups excluding carboxylic acids is 1. The number of nitrogens with one attached hydrogen (secondary N) is 1. The van der Waals surface area contributed by atoms with Crippen LogP contribution in [-0.2, 0) is 13.6 Å². The molecule has 0 atom stereocenters. The van der Waals surface area contributed by atoms with Crippen LogP contribution in [0.4, 0.5) is 0 Å². The van der Waals surface area contributed by atoms with Crippen LogP contribution in [0, 0.1) is 6.92 Å². The maximum Gasteiger partial charge on any atom is 0.253 e. The molecule has 3 heterocycles. The normalized spacial score (nSPS) is 10.8. The van der Waals surface area contributed by atoms with Crippen molar-refractivity contribution in [2.75, 3.05) is 0 Å². The number of hydrogen-bond acceptors (Lipinski definition) is 4. The number of aromatic nitrogens is 4. The number of amides is 1. The molecular formula is C15H15N5O. The third-order valence-corrected chi connectivity index (χ3v) is 3.28. The van der Waals surface area contributed by atoms with Crippen LogP contribution in [0.2, 0.25) is 0 Å². The minimum atomic E-state index is -0.168. The summed E-state index contributed by atoms with van der Waals surface area (Å²) in [6.07, 6.45) is 3.27. The first-order chi connectivity index (χ1) is 10.1. The standard InChI is InChI=1S/C15H15N5O/c1-10-13-7-11(8-17-14(13)20(2)19-10)15(21)18-9-12-5-3-4-6-16-12/h3-8H,9H2,1-2H3,(H,18,21). The molecule has 0 bridgehead atoms. The van der Waals surface area contributed by atoms with E-state index >= 15 is 0 Å². The number of pyridine rings is 2. The Morgan fingerprint density at radius 3 is 2.95 bits per heavy atom. The largest absolute Gasteiger partial charge is 0.346 e. The third kappa shape index (κ3) is 2.60. The van der Waals surface area contributed by atoms with Crippen LogP contribution < -0.4 is 5.32 Å². The number of hydrogen-bond donors (Lipinski definition) is 1. The zero-order chi connectivity index (χ0) is 14.8. The highest BCUT2D eigenvalue weighted by Gasteiger charge is 2.11. The van der Waals surface area contributed by atoms with Gasteiger partial charge >= 0.3 is 0 Å². The monoisotopic (exact) mass is 281 g/mol.